The molecule has 0 N–H and O–H groups in total. The molecule has 3 atom stereocenters. The van der Waals surface area contributed by atoms with Gasteiger partial charge in [0.2, 0.25) is 5.88 Å². The number of rotatable bonds is 6. The summed E-state index contributed by atoms with van der Waals surface area (Å²) in [4.78, 5) is 20.0. The first-order valence-corrected chi connectivity index (χ1v) is 10.1. The monoisotopic (exact) mass is 368 g/mol. The molecule has 0 spiro atoms. The maximum atomic E-state index is 13.0. The van der Waals surface area contributed by atoms with Crippen LogP contribution in [-0.4, -0.2) is 47.7 Å². The molecule has 0 saturated carbocycles. The lowest BCUT2D eigenvalue weighted by Gasteiger charge is -2.35. The standard InChI is InChI=1S/C22H28N2O3/c1-3-4-11-26-21-14-19(18-7-5-6-8-20(18)23-21)22(25)27-17-12-15-9-10-16(13-17)24(15)2/h5-8,14-17H,3-4,9-13H2,1-2H3/t15-,16+,17?. The Morgan fingerprint density at radius 3 is 2.70 bits per heavy atom. The lowest BCUT2D eigenvalue weighted by Crippen LogP contribution is -2.43. The van der Waals surface area contributed by atoms with Crippen molar-refractivity contribution in [3.63, 3.8) is 0 Å². The molecule has 2 aliphatic rings. The lowest BCUT2D eigenvalue weighted by molar-refractivity contribution is -0.000307. The molecule has 2 bridgehead atoms. The predicted octanol–water partition coefficient (Wildman–Crippen LogP) is 4.20. The minimum Gasteiger partial charge on any atom is -0.478 e. The number of esters is 1. The number of carbonyl (C=O) groups is 1. The smallest absolute Gasteiger partial charge is 0.339 e. The molecule has 1 unspecified atom stereocenters. The fraction of sp³-hybridized carbons (Fsp3) is 0.545. The number of hydrogen-bond acceptors (Lipinski definition) is 5. The molecule has 5 nitrogen and oxygen atoms in total. The summed E-state index contributed by atoms with van der Waals surface area (Å²) in [5.74, 6) is 0.237. The molecule has 1 aromatic carbocycles. The average Bonchev–Trinajstić information content (AvgIpc) is 2.89. The summed E-state index contributed by atoms with van der Waals surface area (Å²) in [6, 6.07) is 10.5. The van der Waals surface area contributed by atoms with Gasteiger partial charge in [-0.15, -0.1) is 0 Å². The van der Waals surface area contributed by atoms with Crippen molar-refractivity contribution in [2.75, 3.05) is 13.7 Å². The van der Waals surface area contributed by atoms with E-state index in [1.807, 2.05) is 24.3 Å². The van der Waals surface area contributed by atoms with Crippen LogP contribution in [0, 0.1) is 0 Å². The van der Waals surface area contributed by atoms with E-state index in [-0.39, 0.29) is 12.1 Å². The Morgan fingerprint density at radius 1 is 1.22 bits per heavy atom. The largest absolute Gasteiger partial charge is 0.478 e. The van der Waals surface area contributed by atoms with Crippen LogP contribution in [-0.2, 0) is 4.74 Å². The van der Waals surface area contributed by atoms with Gasteiger partial charge >= 0.3 is 5.97 Å². The zero-order chi connectivity index (χ0) is 18.8. The number of hydrogen-bond donors (Lipinski definition) is 0. The van der Waals surface area contributed by atoms with Gasteiger partial charge in [0.15, 0.2) is 0 Å². The maximum Gasteiger partial charge on any atom is 0.339 e. The van der Waals surface area contributed by atoms with Gasteiger partial charge in [-0.25, -0.2) is 9.78 Å². The Hall–Kier alpha value is -2.14. The second-order valence-electron chi connectivity index (χ2n) is 7.78. The molecule has 1 aromatic heterocycles. The zero-order valence-corrected chi connectivity index (χ0v) is 16.2. The van der Waals surface area contributed by atoms with E-state index in [2.05, 4.69) is 23.9 Å². The van der Waals surface area contributed by atoms with Gasteiger partial charge < -0.3 is 14.4 Å². The first-order chi connectivity index (χ1) is 13.2. The van der Waals surface area contributed by atoms with Gasteiger partial charge in [-0.3, -0.25) is 0 Å². The van der Waals surface area contributed by atoms with Gasteiger partial charge in [-0.2, -0.15) is 0 Å². The van der Waals surface area contributed by atoms with E-state index in [0.717, 1.165) is 36.6 Å². The topological polar surface area (TPSA) is 51.7 Å². The quantitative estimate of drug-likeness (QED) is 0.565. The van der Waals surface area contributed by atoms with E-state index in [0.29, 0.717) is 30.1 Å². The van der Waals surface area contributed by atoms with Crippen molar-refractivity contribution in [3.05, 3.63) is 35.9 Å². The highest BCUT2D eigenvalue weighted by atomic mass is 16.5. The van der Waals surface area contributed by atoms with Gasteiger partial charge in [-0.05, 0) is 32.4 Å². The lowest BCUT2D eigenvalue weighted by atomic mass is 10.0. The van der Waals surface area contributed by atoms with Crippen LogP contribution in [0.1, 0.15) is 55.8 Å². The highest BCUT2D eigenvalue weighted by Gasteiger charge is 2.40. The Bertz CT molecular complexity index is 808. The van der Waals surface area contributed by atoms with E-state index in [1.54, 1.807) is 6.07 Å². The van der Waals surface area contributed by atoms with Gasteiger partial charge in [-0.1, -0.05) is 31.5 Å². The van der Waals surface area contributed by atoms with Gasteiger partial charge in [0.05, 0.1) is 17.7 Å². The zero-order valence-electron chi connectivity index (χ0n) is 16.2. The molecule has 0 aliphatic carbocycles. The Kier molecular flexibility index (Phi) is 5.30. The summed E-state index contributed by atoms with van der Waals surface area (Å²) in [5, 5.41) is 0.821. The van der Waals surface area contributed by atoms with E-state index in [1.165, 1.54) is 12.8 Å². The van der Waals surface area contributed by atoms with E-state index < -0.39 is 0 Å². The first kappa shape index (κ1) is 18.2. The second-order valence-corrected chi connectivity index (χ2v) is 7.78. The molecule has 2 saturated heterocycles. The molecule has 144 valence electrons. The molecule has 2 aliphatic heterocycles. The van der Waals surface area contributed by atoms with Crippen LogP contribution in [0.5, 0.6) is 5.88 Å². The number of pyridine rings is 1. The number of fused-ring (bicyclic) bond motifs is 3. The summed E-state index contributed by atoms with van der Waals surface area (Å²) >= 11 is 0. The molecular formula is C22H28N2O3. The fourth-order valence-corrected chi connectivity index (χ4v) is 4.39. The number of ether oxygens (including phenoxy) is 2. The van der Waals surface area contributed by atoms with Crippen LogP contribution in [0.3, 0.4) is 0 Å². The van der Waals surface area contributed by atoms with E-state index >= 15 is 0 Å². The third kappa shape index (κ3) is 3.79. The van der Waals surface area contributed by atoms with Gasteiger partial charge in [0, 0.05) is 36.4 Å². The molecule has 2 aromatic rings. The Labute approximate surface area is 160 Å². The van der Waals surface area contributed by atoms with Crippen molar-refractivity contribution in [2.45, 2.75) is 63.6 Å². The minimum atomic E-state index is -0.261. The van der Waals surface area contributed by atoms with Crippen molar-refractivity contribution in [2.24, 2.45) is 0 Å². The summed E-state index contributed by atoms with van der Waals surface area (Å²) in [5.41, 5.74) is 1.32. The van der Waals surface area contributed by atoms with Crippen molar-refractivity contribution < 1.29 is 14.3 Å². The molecule has 3 heterocycles. The van der Waals surface area contributed by atoms with Crippen molar-refractivity contribution in [1.29, 1.82) is 0 Å². The third-order valence-electron chi connectivity index (χ3n) is 5.99. The van der Waals surface area contributed by atoms with Crippen LogP contribution in [0.4, 0.5) is 0 Å². The van der Waals surface area contributed by atoms with Gasteiger partial charge in [0.25, 0.3) is 0 Å². The molecule has 0 radical (unpaired) electrons. The Morgan fingerprint density at radius 2 is 1.96 bits per heavy atom. The number of para-hydroxylation sites is 1. The number of piperidine rings is 1. The summed E-state index contributed by atoms with van der Waals surface area (Å²) in [7, 11) is 2.19. The second kappa shape index (κ2) is 7.85. The van der Waals surface area contributed by atoms with Crippen molar-refractivity contribution >= 4 is 16.9 Å². The Balaban J connectivity index is 1.55. The van der Waals surface area contributed by atoms with E-state index in [9.17, 15) is 4.79 Å². The van der Waals surface area contributed by atoms with Crippen LogP contribution < -0.4 is 4.74 Å². The molecule has 0 amide bonds. The number of nitrogens with zero attached hydrogens (tertiary/aromatic N) is 2. The van der Waals surface area contributed by atoms with Crippen LogP contribution in [0.2, 0.25) is 0 Å². The highest BCUT2D eigenvalue weighted by molar-refractivity contribution is 6.03. The summed E-state index contributed by atoms with van der Waals surface area (Å²) in [6.45, 7) is 2.73. The number of carbonyl (C=O) groups excluding carboxylic acids is 1. The van der Waals surface area contributed by atoms with E-state index in [4.69, 9.17) is 9.47 Å². The molecule has 5 heteroatoms. The van der Waals surface area contributed by atoms with Crippen LogP contribution >= 0.6 is 0 Å². The van der Waals surface area contributed by atoms with Crippen molar-refractivity contribution in [1.82, 2.24) is 9.88 Å². The fourth-order valence-electron chi connectivity index (χ4n) is 4.39. The van der Waals surface area contributed by atoms with Crippen LogP contribution in [0.15, 0.2) is 30.3 Å². The SMILES string of the molecule is CCCCOc1cc(C(=O)OC2C[C@H]3CC[C@@H](C2)N3C)c2ccccc2n1. The molecular weight excluding hydrogens is 340 g/mol. The summed E-state index contributed by atoms with van der Waals surface area (Å²) < 4.78 is 11.7. The number of aromatic nitrogens is 1. The molecule has 4 rings (SSSR count). The first-order valence-electron chi connectivity index (χ1n) is 10.1. The average molecular weight is 368 g/mol. The predicted molar refractivity (Wildman–Crippen MR) is 105 cm³/mol. The van der Waals surface area contributed by atoms with Crippen LogP contribution in [0.25, 0.3) is 10.9 Å². The van der Waals surface area contributed by atoms with Crippen molar-refractivity contribution in [3.8, 4) is 5.88 Å². The molecule has 27 heavy (non-hydrogen) atoms. The highest BCUT2D eigenvalue weighted by Crippen LogP contribution is 2.36. The normalized spacial score (nSPS) is 24.9. The maximum absolute atomic E-state index is 13.0. The third-order valence-corrected chi connectivity index (χ3v) is 5.99. The number of benzene rings is 1. The summed E-state index contributed by atoms with van der Waals surface area (Å²) in [6.07, 6.45) is 6.31. The number of unbranched alkanes of at least 4 members (excludes halogenated alkanes) is 1. The molecule has 2 fully saturated rings. The van der Waals surface area contributed by atoms with Gasteiger partial charge in [0.1, 0.15) is 6.10 Å². The minimum absolute atomic E-state index is 0.00240.